The number of carboxylic acids is 1. The minimum Gasteiger partial charge on any atom is -0.481 e. The number of para-hydroxylation sites is 2. The van der Waals surface area contributed by atoms with Crippen LogP contribution in [0.25, 0.3) is 16.3 Å². The highest BCUT2D eigenvalue weighted by Crippen LogP contribution is 2.46. The molecule has 0 saturated heterocycles. The predicted molar refractivity (Wildman–Crippen MR) is 133 cm³/mol. The van der Waals surface area contributed by atoms with Crippen molar-refractivity contribution in [2.75, 3.05) is 11.4 Å². The fourth-order valence-electron chi connectivity index (χ4n) is 3.80. The number of carbonyl (C=O) groups is 1. The zero-order valence-electron chi connectivity index (χ0n) is 18.3. The average molecular weight is 484 g/mol. The zero-order valence-corrected chi connectivity index (χ0v) is 20.0. The molecule has 1 aliphatic rings. The van der Waals surface area contributed by atoms with Gasteiger partial charge in [-0.1, -0.05) is 54.3 Å². The van der Waals surface area contributed by atoms with E-state index in [0.717, 1.165) is 42.8 Å². The Kier molecular flexibility index (Phi) is 7.49. The van der Waals surface area contributed by atoms with Crippen molar-refractivity contribution in [3.05, 3.63) is 70.2 Å². The molecule has 172 valence electrons. The fraction of sp³-hybridized carbons (Fsp3) is 0.280. The summed E-state index contributed by atoms with van der Waals surface area (Å²) in [4.78, 5) is 14.4. The van der Waals surface area contributed by atoms with E-state index in [9.17, 15) is 20.1 Å². The van der Waals surface area contributed by atoms with E-state index in [0.29, 0.717) is 13.1 Å². The van der Waals surface area contributed by atoms with Crippen molar-refractivity contribution in [3.8, 4) is 0 Å². The van der Waals surface area contributed by atoms with Crippen LogP contribution in [-0.2, 0) is 11.3 Å². The first-order valence-corrected chi connectivity index (χ1v) is 12.6. The number of aliphatic hydroxyl groups is 2. The highest BCUT2D eigenvalue weighted by atomic mass is 32.2. The summed E-state index contributed by atoms with van der Waals surface area (Å²) >= 11 is 3.33. The van der Waals surface area contributed by atoms with E-state index in [1.165, 1.54) is 0 Å². The number of thioether (sulfide) groups is 1. The van der Waals surface area contributed by atoms with E-state index >= 15 is 0 Å². The van der Waals surface area contributed by atoms with Gasteiger partial charge in [0, 0.05) is 23.6 Å². The minimum atomic E-state index is -1.35. The molecule has 6 nitrogen and oxygen atoms in total. The Labute approximate surface area is 201 Å². The minimum absolute atomic E-state index is 0.0667. The average Bonchev–Trinajstić information content (AvgIpc) is 3.32. The molecular formula is C25H27N2O4S2+. The lowest BCUT2D eigenvalue weighted by atomic mass is 10.2. The summed E-state index contributed by atoms with van der Waals surface area (Å²) in [5, 5.41) is 30.1. The van der Waals surface area contributed by atoms with Crippen molar-refractivity contribution in [2.24, 2.45) is 0 Å². The van der Waals surface area contributed by atoms with Gasteiger partial charge >= 0.3 is 5.97 Å². The van der Waals surface area contributed by atoms with Crippen LogP contribution in [0.2, 0.25) is 0 Å². The van der Waals surface area contributed by atoms with E-state index in [-0.39, 0.29) is 12.8 Å². The number of hydrogen-bond acceptors (Lipinski definition) is 6. The van der Waals surface area contributed by atoms with Crippen LogP contribution < -0.4 is 9.47 Å². The smallest absolute Gasteiger partial charge is 0.305 e. The Bertz CT molecular complexity index is 1220. The first-order chi connectivity index (χ1) is 16.0. The van der Waals surface area contributed by atoms with Crippen LogP contribution in [0.15, 0.2) is 70.1 Å². The molecule has 1 aliphatic heterocycles. The molecule has 0 unspecified atom stereocenters. The zero-order chi connectivity index (χ0) is 23.4. The van der Waals surface area contributed by atoms with Crippen LogP contribution in [-0.4, -0.2) is 34.1 Å². The van der Waals surface area contributed by atoms with Gasteiger partial charge in [0.25, 0.3) is 5.01 Å². The van der Waals surface area contributed by atoms with E-state index in [2.05, 4.69) is 40.7 Å². The van der Waals surface area contributed by atoms with E-state index in [4.69, 9.17) is 0 Å². The fourth-order valence-corrected chi connectivity index (χ4v) is 6.13. The number of allylic oxidation sites excluding steroid dienone is 2. The number of aromatic nitrogens is 1. The van der Waals surface area contributed by atoms with Gasteiger partial charge in [-0.3, -0.25) is 4.79 Å². The number of thiazole rings is 1. The van der Waals surface area contributed by atoms with Gasteiger partial charge < -0.3 is 20.2 Å². The molecule has 0 spiro atoms. The third-order valence-corrected chi connectivity index (χ3v) is 7.68. The molecule has 0 radical (unpaired) electrons. The summed E-state index contributed by atoms with van der Waals surface area (Å²) in [5.74, 6) is -0.813. The Morgan fingerprint density at radius 1 is 1.15 bits per heavy atom. The van der Waals surface area contributed by atoms with Gasteiger partial charge in [-0.05, 0) is 36.3 Å². The van der Waals surface area contributed by atoms with Crippen molar-refractivity contribution in [3.63, 3.8) is 0 Å². The predicted octanol–water partition coefficient (Wildman–Crippen LogP) is 4.61. The van der Waals surface area contributed by atoms with Gasteiger partial charge in [-0.25, -0.2) is 0 Å². The number of carboxylic acid groups (broad SMARTS) is 1. The van der Waals surface area contributed by atoms with Gasteiger partial charge in [0.1, 0.15) is 4.70 Å². The summed E-state index contributed by atoms with van der Waals surface area (Å²) in [5.41, 5.74) is 3.23. The summed E-state index contributed by atoms with van der Waals surface area (Å²) in [6.45, 7) is 3.03. The molecule has 3 aromatic rings. The maximum atomic E-state index is 11.2. The summed E-state index contributed by atoms with van der Waals surface area (Å²) in [6.07, 6.45) is 4.07. The van der Waals surface area contributed by atoms with E-state index < -0.39 is 12.3 Å². The first-order valence-electron chi connectivity index (χ1n) is 10.9. The second-order valence-corrected chi connectivity index (χ2v) is 9.87. The highest BCUT2D eigenvalue weighted by molar-refractivity contribution is 8.03. The second-order valence-electron chi connectivity index (χ2n) is 7.75. The van der Waals surface area contributed by atoms with Crippen molar-refractivity contribution < 1.29 is 24.7 Å². The molecule has 2 aromatic carbocycles. The highest BCUT2D eigenvalue weighted by Gasteiger charge is 2.26. The number of fused-ring (bicyclic) bond motifs is 2. The third kappa shape index (κ3) is 5.47. The lowest BCUT2D eigenvalue weighted by Gasteiger charge is -2.19. The molecule has 8 heteroatoms. The topological polar surface area (TPSA) is 84.9 Å². The number of anilines is 1. The monoisotopic (exact) mass is 483 g/mol. The number of nitrogens with zero attached hydrogens (tertiary/aromatic N) is 2. The molecule has 0 bridgehead atoms. The summed E-state index contributed by atoms with van der Waals surface area (Å²) in [7, 11) is 0. The van der Waals surface area contributed by atoms with Crippen LogP contribution >= 0.6 is 23.1 Å². The van der Waals surface area contributed by atoms with Crippen molar-refractivity contribution >= 4 is 51.0 Å². The van der Waals surface area contributed by atoms with E-state index in [1.807, 2.05) is 36.4 Å². The molecule has 2 heterocycles. The molecule has 0 fully saturated rings. The lowest BCUT2D eigenvalue weighted by Crippen LogP contribution is -2.36. The number of aliphatic carboxylic acids is 1. The Balaban J connectivity index is 1.71. The largest absolute Gasteiger partial charge is 0.481 e. The maximum Gasteiger partial charge on any atom is 0.305 e. The normalized spacial score (nSPS) is 15.1. The molecule has 4 rings (SSSR count). The molecule has 0 amide bonds. The van der Waals surface area contributed by atoms with Crippen LogP contribution in [0.1, 0.15) is 31.2 Å². The van der Waals surface area contributed by atoms with Gasteiger partial charge in [0.2, 0.25) is 5.52 Å². The Morgan fingerprint density at radius 2 is 1.91 bits per heavy atom. The SMILES string of the molecule is CCC(/C=C1\Sc2ccccc2N1CCC(=O)O)=C\c1sc2ccccc2[n+]1CCC(O)O. The number of benzene rings is 2. The first kappa shape index (κ1) is 23.5. The van der Waals surface area contributed by atoms with Gasteiger partial charge in [0.05, 0.1) is 23.6 Å². The molecule has 0 saturated carbocycles. The quantitative estimate of drug-likeness (QED) is 0.304. The number of rotatable bonds is 9. The molecule has 0 atom stereocenters. The van der Waals surface area contributed by atoms with Crippen LogP contribution in [0.4, 0.5) is 5.69 Å². The van der Waals surface area contributed by atoms with Gasteiger partial charge in [-0.2, -0.15) is 4.57 Å². The molecular weight excluding hydrogens is 456 g/mol. The number of hydrogen-bond donors (Lipinski definition) is 3. The second kappa shape index (κ2) is 10.5. The summed E-state index contributed by atoms with van der Waals surface area (Å²) < 4.78 is 3.27. The number of aliphatic hydroxyl groups excluding tert-OH is 1. The van der Waals surface area contributed by atoms with Crippen LogP contribution in [0.3, 0.4) is 0 Å². The molecule has 33 heavy (non-hydrogen) atoms. The maximum absolute atomic E-state index is 11.2. The van der Waals surface area contributed by atoms with E-state index in [1.54, 1.807) is 23.1 Å². The Hall–Kier alpha value is -2.65. The molecule has 0 aliphatic carbocycles. The van der Waals surface area contributed by atoms with Crippen LogP contribution in [0, 0.1) is 0 Å². The lowest BCUT2D eigenvalue weighted by molar-refractivity contribution is -0.671. The summed E-state index contributed by atoms with van der Waals surface area (Å²) in [6, 6.07) is 16.2. The van der Waals surface area contributed by atoms with Gasteiger partial charge in [0.15, 0.2) is 12.8 Å². The molecule has 1 aromatic heterocycles. The van der Waals surface area contributed by atoms with Crippen molar-refractivity contribution in [2.45, 2.75) is 43.9 Å². The standard InChI is InChI=1S/C25H26N2O4S2/c1-2-17(15-22-26(13-11-24(28)29)18-7-3-5-9-20(18)32-22)16-23-27(14-12-25(30)31)19-8-4-6-10-21(19)33-23/h3-10,15-16,24,28-29H,2,11-14H2,1H3/p+1. The van der Waals surface area contributed by atoms with Crippen LogP contribution in [0.5, 0.6) is 0 Å². The molecule has 3 N–H and O–H groups in total. The third-order valence-electron chi connectivity index (χ3n) is 5.46. The van der Waals surface area contributed by atoms with Crippen molar-refractivity contribution in [1.29, 1.82) is 0 Å². The Morgan fingerprint density at radius 3 is 2.67 bits per heavy atom. The van der Waals surface area contributed by atoms with Crippen molar-refractivity contribution in [1.82, 2.24) is 0 Å². The van der Waals surface area contributed by atoms with Gasteiger partial charge in [-0.15, -0.1) is 0 Å². The number of aryl methyl sites for hydroxylation is 1.